The summed E-state index contributed by atoms with van der Waals surface area (Å²) in [4.78, 5) is 51.6. The van der Waals surface area contributed by atoms with E-state index in [1.54, 1.807) is 59.2 Å². The molecule has 10 aromatic rings. The Morgan fingerprint density at radius 1 is 0.618 bits per heavy atom. The molecule has 0 aliphatic heterocycles. The Balaban J connectivity index is 0.000000165. The minimum absolute atomic E-state index is 0.103. The van der Waals surface area contributed by atoms with Gasteiger partial charge in [-0.25, -0.2) is 19.9 Å². The summed E-state index contributed by atoms with van der Waals surface area (Å²) >= 11 is 16.2. The summed E-state index contributed by atoms with van der Waals surface area (Å²) in [5.74, 6) is 2.32. The minimum Gasteiger partial charge on any atom is -0.449 e. The number of para-hydroxylation sites is 2. The Kier molecular flexibility index (Phi) is 14.2. The summed E-state index contributed by atoms with van der Waals surface area (Å²) in [6, 6.07) is 33.0. The normalized spacial score (nSPS) is 11.8. The van der Waals surface area contributed by atoms with Crippen LogP contribution in [0.3, 0.4) is 0 Å². The van der Waals surface area contributed by atoms with E-state index in [2.05, 4.69) is 56.5 Å². The highest BCUT2D eigenvalue weighted by Crippen LogP contribution is 2.32. The van der Waals surface area contributed by atoms with Crippen molar-refractivity contribution >= 4 is 84.2 Å². The second kappa shape index (κ2) is 20.8. The standard InChI is InChI=1S/C24H19ClN6O2.C21H17BrClN5O.C4H5NO/c1-14(29-21-17(13-28-24(26)30-21)22-27-10-11-33-22)19-12-15-6-5-9-18(25)20(15)23(32)31(19)16-7-3-2-4-8-16;1-12(26-19-15(22)11-25-21(24)27-19)17-10-13-6-5-9-16(23)18(13)20(29)28(17)14-7-3-2-4-8-14;1-4-5-2-3-6-4/h2-14H,1H3,(H3,26,28,29,30);2-12H,1H3,(H3,24,25,26,27);2-3H,1H3/t14-;12-;/m00./s1. The molecule has 0 radical (unpaired) electrons. The predicted molar refractivity (Wildman–Crippen MR) is 271 cm³/mol. The number of hydrogen-bond donors (Lipinski definition) is 4. The van der Waals surface area contributed by atoms with Crippen molar-refractivity contribution in [3.8, 4) is 22.8 Å². The zero-order valence-electron chi connectivity index (χ0n) is 36.5. The van der Waals surface area contributed by atoms with E-state index in [9.17, 15) is 9.59 Å². The third-order valence-corrected chi connectivity index (χ3v) is 11.7. The van der Waals surface area contributed by atoms with Gasteiger partial charge in [0, 0.05) is 42.1 Å². The lowest BCUT2D eigenvalue weighted by Crippen LogP contribution is -2.26. The zero-order valence-corrected chi connectivity index (χ0v) is 39.6. The molecule has 0 saturated carbocycles. The van der Waals surface area contributed by atoms with Crippen molar-refractivity contribution in [1.29, 1.82) is 0 Å². The quantitative estimate of drug-likeness (QED) is 0.106. The molecule has 2 atom stereocenters. The predicted octanol–water partition coefficient (Wildman–Crippen LogP) is 10.8. The molecule has 0 fully saturated rings. The van der Waals surface area contributed by atoms with Crippen LogP contribution in [0.4, 0.5) is 23.5 Å². The van der Waals surface area contributed by atoms with E-state index in [4.69, 9.17) is 43.5 Å². The lowest BCUT2D eigenvalue weighted by atomic mass is 10.1. The highest BCUT2D eigenvalue weighted by molar-refractivity contribution is 9.10. The van der Waals surface area contributed by atoms with Gasteiger partial charge in [0.05, 0.1) is 55.3 Å². The van der Waals surface area contributed by atoms with Crippen molar-refractivity contribution in [2.75, 3.05) is 22.1 Å². The van der Waals surface area contributed by atoms with Crippen LogP contribution in [0.15, 0.2) is 169 Å². The number of pyridine rings is 2. The molecule has 0 amide bonds. The van der Waals surface area contributed by atoms with Crippen molar-refractivity contribution in [3.63, 3.8) is 0 Å². The van der Waals surface area contributed by atoms with Crippen LogP contribution in [0, 0.1) is 6.92 Å². The number of oxazole rings is 2. The fourth-order valence-corrected chi connectivity index (χ4v) is 8.19. The number of benzene rings is 4. The first kappa shape index (κ1) is 46.7. The summed E-state index contributed by atoms with van der Waals surface area (Å²) in [5.41, 5.74) is 14.7. The van der Waals surface area contributed by atoms with Crippen LogP contribution in [0.2, 0.25) is 10.0 Å². The van der Waals surface area contributed by atoms with Crippen molar-refractivity contribution in [1.82, 2.24) is 39.0 Å². The van der Waals surface area contributed by atoms with E-state index >= 15 is 0 Å². The van der Waals surface area contributed by atoms with Crippen LogP contribution < -0.4 is 33.2 Å². The summed E-state index contributed by atoms with van der Waals surface area (Å²) in [5, 5.41) is 9.97. The Morgan fingerprint density at radius 3 is 1.57 bits per heavy atom. The molecule has 342 valence electrons. The van der Waals surface area contributed by atoms with Crippen molar-refractivity contribution < 1.29 is 8.83 Å². The summed E-state index contributed by atoms with van der Waals surface area (Å²) < 4.78 is 14.2. The SMILES string of the molecule is C[C@H](Nc1nc(N)ncc1-c1ncco1)c1cc2cccc(Cl)c2c(=O)n1-c1ccccc1.C[C@H](Nc1nc(N)ncc1Br)c1cc2cccc(Cl)c2c(=O)n1-c1ccccc1.Cc1ncco1. The molecule has 68 heavy (non-hydrogen) atoms. The van der Waals surface area contributed by atoms with Gasteiger partial charge in [-0.3, -0.25) is 18.7 Å². The van der Waals surface area contributed by atoms with Gasteiger partial charge in [-0.1, -0.05) is 83.9 Å². The van der Waals surface area contributed by atoms with E-state index in [0.29, 0.717) is 48.4 Å². The fraction of sp³-hybridized carbons (Fsp3) is 0.102. The Morgan fingerprint density at radius 2 is 1.10 bits per heavy atom. The number of nitrogens with two attached hydrogens (primary N) is 2. The van der Waals surface area contributed by atoms with Gasteiger partial charge >= 0.3 is 0 Å². The first-order chi connectivity index (χ1) is 32.9. The number of nitrogen functional groups attached to an aromatic ring is 2. The van der Waals surface area contributed by atoms with Crippen LogP contribution in [-0.4, -0.2) is 39.0 Å². The van der Waals surface area contributed by atoms with Crippen molar-refractivity contribution in [2.45, 2.75) is 32.9 Å². The topological polar surface area (TPSA) is 224 Å². The van der Waals surface area contributed by atoms with Gasteiger partial charge in [-0.2, -0.15) is 9.97 Å². The van der Waals surface area contributed by atoms with E-state index in [1.165, 1.54) is 6.26 Å². The zero-order chi connectivity index (χ0) is 47.9. The van der Waals surface area contributed by atoms with Gasteiger partial charge < -0.3 is 30.9 Å². The number of anilines is 4. The Hall–Kier alpha value is -7.86. The average Bonchev–Trinajstić information content (AvgIpc) is 4.06. The first-order valence-corrected chi connectivity index (χ1v) is 22.4. The number of halogens is 3. The molecule has 0 aliphatic rings. The number of rotatable bonds is 9. The molecule has 0 unspecified atom stereocenters. The number of nitrogens with one attached hydrogen (secondary N) is 2. The molecule has 6 N–H and O–H groups in total. The molecule has 16 nitrogen and oxygen atoms in total. The number of aromatic nitrogens is 8. The van der Waals surface area contributed by atoms with E-state index in [-0.39, 0.29) is 35.1 Å². The molecular formula is C49H41BrCl2N12O4. The summed E-state index contributed by atoms with van der Waals surface area (Å²) in [7, 11) is 0. The van der Waals surface area contributed by atoms with E-state index < -0.39 is 0 Å². The molecule has 10 rings (SSSR count). The number of hydrogen-bond acceptors (Lipinski definition) is 14. The molecule has 6 heterocycles. The highest BCUT2D eigenvalue weighted by Gasteiger charge is 2.22. The van der Waals surface area contributed by atoms with Gasteiger partial charge in [-0.05, 0) is 89.1 Å². The maximum atomic E-state index is 13.6. The van der Waals surface area contributed by atoms with Crippen LogP contribution in [0.1, 0.15) is 43.2 Å². The number of aryl methyl sites for hydroxylation is 1. The molecule has 4 aromatic carbocycles. The molecule has 6 aromatic heterocycles. The molecule has 0 saturated heterocycles. The van der Waals surface area contributed by atoms with Crippen LogP contribution in [0.5, 0.6) is 0 Å². The smallest absolute Gasteiger partial charge is 0.264 e. The summed E-state index contributed by atoms with van der Waals surface area (Å²) in [6.45, 7) is 5.69. The van der Waals surface area contributed by atoms with Crippen LogP contribution in [0.25, 0.3) is 44.4 Å². The molecule has 0 aliphatic carbocycles. The lowest BCUT2D eigenvalue weighted by Gasteiger charge is -2.22. The summed E-state index contributed by atoms with van der Waals surface area (Å²) in [6.07, 6.45) is 9.32. The minimum atomic E-state index is -0.357. The van der Waals surface area contributed by atoms with E-state index in [1.807, 2.05) is 111 Å². The third kappa shape index (κ3) is 10.2. The first-order valence-electron chi connectivity index (χ1n) is 20.9. The third-order valence-electron chi connectivity index (χ3n) is 10.5. The van der Waals surface area contributed by atoms with Crippen LogP contribution in [-0.2, 0) is 0 Å². The maximum Gasteiger partial charge on any atom is 0.264 e. The monoisotopic (exact) mass is 1010 g/mol. The second-order valence-electron chi connectivity index (χ2n) is 15.0. The maximum absolute atomic E-state index is 13.6. The lowest BCUT2D eigenvalue weighted by molar-refractivity contribution is 0.521. The molecule has 19 heteroatoms. The molecule has 0 bridgehead atoms. The highest BCUT2D eigenvalue weighted by atomic mass is 79.9. The van der Waals surface area contributed by atoms with Crippen molar-refractivity contribution in [2.24, 2.45) is 0 Å². The van der Waals surface area contributed by atoms with Gasteiger partial charge in [0.1, 0.15) is 24.2 Å². The second-order valence-corrected chi connectivity index (χ2v) is 16.7. The Labute approximate surface area is 406 Å². The number of fused-ring (bicyclic) bond motifs is 2. The van der Waals surface area contributed by atoms with E-state index in [0.717, 1.165) is 39.4 Å². The fourth-order valence-electron chi connectivity index (χ4n) is 7.36. The van der Waals surface area contributed by atoms with Crippen molar-refractivity contribution in [3.05, 3.63) is 199 Å². The van der Waals surface area contributed by atoms with Gasteiger partial charge in [0.15, 0.2) is 5.89 Å². The number of nitrogens with zero attached hydrogens (tertiary/aromatic N) is 8. The molecule has 0 spiro atoms. The Bertz CT molecular complexity index is 3470. The molecular weight excluding hydrogens is 971 g/mol. The van der Waals surface area contributed by atoms with Gasteiger partial charge in [0.2, 0.25) is 17.8 Å². The van der Waals surface area contributed by atoms with Gasteiger partial charge in [0.25, 0.3) is 11.1 Å². The average molecular weight is 1010 g/mol. The largest absolute Gasteiger partial charge is 0.449 e. The van der Waals surface area contributed by atoms with Gasteiger partial charge in [-0.15, -0.1) is 0 Å². The van der Waals surface area contributed by atoms with Crippen LogP contribution >= 0.6 is 39.1 Å².